The summed E-state index contributed by atoms with van der Waals surface area (Å²) < 4.78 is 4.74. The molecule has 0 heterocycles. The highest BCUT2D eigenvalue weighted by atomic mass is 16.5. The van der Waals surface area contributed by atoms with E-state index in [0.717, 1.165) is 6.54 Å². The Bertz CT molecular complexity index is 28.9. The lowest BCUT2D eigenvalue weighted by Crippen LogP contribution is -2.19. The average molecular weight is 104 g/mol. The van der Waals surface area contributed by atoms with Crippen LogP contribution in [0.1, 0.15) is 6.92 Å². The first-order valence-electron chi connectivity index (χ1n) is 2.40. The average Bonchev–Trinajstić information content (AvgIpc) is 1.69. The lowest BCUT2D eigenvalue weighted by Gasteiger charge is -1.97. The van der Waals surface area contributed by atoms with E-state index in [1.165, 1.54) is 0 Å². The van der Waals surface area contributed by atoms with E-state index in [9.17, 15) is 0 Å². The molecule has 7 heavy (non-hydrogen) atoms. The van der Waals surface area contributed by atoms with E-state index in [1.807, 2.05) is 6.92 Å². The van der Waals surface area contributed by atoms with Gasteiger partial charge in [0.05, 0.1) is 13.5 Å². The molecule has 3 N–H and O–H groups in total. The molecule has 0 fully saturated rings. The minimum atomic E-state index is 0.299. The molecule has 0 aliphatic rings. The molecule has 0 saturated heterocycles. The zero-order valence-electron chi connectivity index (χ0n) is 4.61. The second-order valence-electron chi connectivity index (χ2n) is 1.12. The van der Waals surface area contributed by atoms with E-state index < -0.39 is 0 Å². The van der Waals surface area contributed by atoms with Crippen LogP contribution in [0, 0.1) is 0 Å². The predicted octanol–water partition coefficient (Wildman–Crippen LogP) is -0.514. The van der Waals surface area contributed by atoms with E-state index in [4.69, 9.17) is 10.5 Å². The molecule has 0 unspecified atom stereocenters. The SMILES string of the molecule is CCNCOCN. The van der Waals surface area contributed by atoms with E-state index in [2.05, 4.69) is 5.32 Å². The fourth-order valence-electron chi connectivity index (χ4n) is 0.233. The quantitative estimate of drug-likeness (QED) is 0.373. The van der Waals surface area contributed by atoms with Crippen molar-refractivity contribution in [3.8, 4) is 0 Å². The number of nitrogens with two attached hydrogens (primary N) is 1. The van der Waals surface area contributed by atoms with Gasteiger partial charge in [-0.3, -0.25) is 5.32 Å². The standard InChI is InChI=1S/C4H12N2O/c1-2-6-4-7-3-5/h6H,2-5H2,1H3. The van der Waals surface area contributed by atoms with E-state index in [0.29, 0.717) is 13.5 Å². The Labute approximate surface area is 43.8 Å². The van der Waals surface area contributed by atoms with Gasteiger partial charge < -0.3 is 10.5 Å². The Morgan fingerprint density at radius 1 is 1.71 bits per heavy atom. The Morgan fingerprint density at radius 3 is 2.86 bits per heavy atom. The van der Waals surface area contributed by atoms with Gasteiger partial charge in [0.1, 0.15) is 0 Å². The van der Waals surface area contributed by atoms with Crippen LogP contribution in [0.15, 0.2) is 0 Å². The van der Waals surface area contributed by atoms with Crippen molar-refractivity contribution in [2.24, 2.45) is 5.73 Å². The molecule has 3 nitrogen and oxygen atoms in total. The first-order chi connectivity index (χ1) is 3.41. The van der Waals surface area contributed by atoms with Crippen molar-refractivity contribution in [2.45, 2.75) is 6.92 Å². The lowest BCUT2D eigenvalue weighted by molar-refractivity contribution is 0.124. The molecule has 44 valence electrons. The monoisotopic (exact) mass is 104 g/mol. The highest BCUT2D eigenvalue weighted by Gasteiger charge is 1.75. The second-order valence-corrected chi connectivity index (χ2v) is 1.12. The van der Waals surface area contributed by atoms with Crippen LogP contribution in [0.2, 0.25) is 0 Å². The molecule has 0 aromatic heterocycles. The Balaban J connectivity index is 2.45. The van der Waals surface area contributed by atoms with Crippen molar-refractivity contribution in [1.29, 1.82) is 0 Å². The van der Waals surface area contributed by atoms with Gasteiger partial charge in [-0.15, -0.1) is 0 Å². The molecule has 0 rings (SSSR count). The first kappa shape index (κ1) is 6.88. The van der Waals surface area contributed by atoms with Crippen LogP contribution >= 0.6 is 0 Å². The summed E-state index contributed by atoms with van der Waals surface area (Å²) in [6.07, 6.45) is 0. The third-order valence-electron chi connectivity index (χ3n) is 0.572. The van der Waals surface area contributed by atoms with Gasteiger partial charge in [0.2, 0.25) is 0 Å². The van der Waals surface area contributed by atoms with Gasteiger partial charge in [-0.05, 0) is 6.54 Å². The Morgan fingerprint density at radius 2 is 2.43 bits per heavy atom. The summed E-state index contributed by atoms with van der Waals surface area (Å²) in [7, 11) is 0. The summed E-state index contributed by atoms with van der Waals surface area (Å²) in [5, 5.41) is 2.95. The van der Waals surface area contributed by atoms with Crippen molar-refractivity contribution in [3.63, 3.8) is 0 Å². The minimum Gasteiger partial charge on any atom is -0.351 e. The molecule has 0 aromatic rings. The molecule has 0 spiro atoms. The largest absolute Gasteiger partial charge is 0.351 e. The smallest absolute Gasteiger partial charge is 0.0982 e. The number of nitrogens with one attached hydrogen (secondary N) is 1. The third-order valence-corrected chi connectivity index (χ3v) is 0.572. The van der Waals surface area contributed by atoms with Gasteiger partial charge in [0.25, 0.3) is 0 Å². The fourth-order valence-corrected chi connectivity index (χ4v) is 0.233. The van der Waals surface area contributed by atoms with Gasteiger partial charge in [0.15, 0.2) is 0 Å². The zero-order chi connectivity index (χ0) is 5.54. The molecular formula is C4H12N2O. The number of hydrogen-bond donors (Lipinski definition) is 2. The molecule has 0 aliphatic heterocycles. The summed E-state index contributed by atoms with van der Waals surface area (Å²) >= 11 is 0. The van der Waals surface area contributed by atoms with E-state index in [1.54, 1.807) is 0 Å². The molecule has 0 atom stereocenters. The number of hydrogen-bond acceptors (Lipinski definition) is 3. The maximum absolute atomic E-state index is 5.01. The zero-order valence-corrected chi connectivity index (χ0v) is 4.61. The van der Waals surface area contributed by atoms with E-state index >= 15 is 0 Å². The third kappa shape index (κ3) is 5.88. The summed E-state index contributed by atoms with van der Waals surface area (Å²) in [6, 6.07) is 0. The molecule has 0 bridgehead atoms. The molecule has 0 aromatic carbocycles. The Kier molecular flexibility index (Phi) is 5.78. The van der Waals surface area contributed by atoms with Crippen LogP contribution < -0.4 is 11.1 Å². The summed E-state index contributed by atoms with van der Waals surface area (Å²) in [5.74, 6) is 0. The topological polar surface area (TPSA) is 47.3 Å². The Hall–Kier alpha value is -0.120. The minimum absolute atomic E-state index is 0.299. The molecule has 3 heteroatoms. The van der Waals surface area contributed by atoms with Crippen LogP contribution in [0.4, 0.5) is 0 Å². The van der Waals surface area contributed by atoms with Crippen LogP contribution in [0.5, 0.6) is 0 Å². The van der Waals surface area contributed by atoms with Crippen molar-refractivity contribution in [3.05, 3.63) is 0 Å². The molecular weight excluding hydrogens is 92.1 g/mol. The fraction of sp³-hybridized carbons (Fsp3) is 1.00. The van der Waals surface area contributed by atoms with Crippen molar-refractivity contribution in [1.82, 2.24) is 5.32 Å². The molecule has 0 radical (unpaired) electrons. The molecule has 0 saturated carbocycles. The predicted molar refractivity (Wildman–Crippen MR) is 28.7 cm³/mol. The van der Waals surface area contributed by atoms with Gasteiger partial charge in [-0.1, -0.05) is 6.92 Å². The normalized spacial score (nSPS) is 9.43. The maximum Gasteiger partial charge on any atom is 0.0982 e. The van der Waals surface area contributed by atoms with Crippen molar-refractivity contribution >= 4 is 0 Å². The van der Waals surface area contributed by atoms with Crippen molar-refractivity contribution < 1.29 is 4.74 Å². The highest BCUT2D eigenvalue weighted by molar-refractivity contribution is 4.25. The van der Waals surface area contributed by atoms with Crippen LogP contribution in [-0.4, -0.2) is 20.0 Å². The first-order valence-corrected chi connectivity index (χ1v) is 2.40. The number of ether oxygens (including phenoxy) is 1. The molecule has 0 amide bonds. The molecule has 0 aliphatic carbocycles. The van der Waals surface area contributed by atoms with Gasteiger partial charge in [0, 0.05) is 0 Å². The van der Waals surface area contributed by atoms with Gasteiger partial charge in [-0.25, -0.2) is 0 Å². The summed E-state index contributed by atoms with van der Waals surface area (Å²) in [4.78, 5) is 0. The van der Waals surface area contributed by atoms with E-state index in [-0.39, 0.29) is 0 Å². The van der Waals surface area contributed by atoms with Gasteiger partial charge >= 0.3 is 0 Å². The number of rotatable bonds is 4. The van der Waals surface area contributed by atoms with Crippen LogP contribution in [-0.2, 0) is 4.74 Å². The van der Waals surface area contributed by atoms with Crippen molar-refractivity contribution in [2.75, 3.05) is 20.0 Å². The summed E-state index contributed by atoms with van der Waals surface area (Å²) in [6.45, 7) is 3.81. The summed E-state index contributed by atoms with van der Waals surface area (Å²) in [5.41, 5.74) is 5.01. The highest BCUT2D eigenvalue weighted by Crippen LogP contribution is 1.59. The maximum atomic E-state index is 5.01. The second kappa shape index (κ2) is 5.88. The van der Waals surface area contributed by atoms with Crippen LogP contribution in [0.3, 0.4) is 0 Å². The van der Waals surface area contributed by atoms with Crippen LogP contribution in [0.25, 0.3) is 0 Å². The lowest BCUT2D eigenvalue weighted by atomic mass is 10.8. The van der Waals surface area contributed by atoms with Gasteiger partial charge in [-0.2, -0.15) is 0 Å².